The molecule has 37 heavy (non-hydrogen) atoms. The van der Waals surface area contributed by atoms with Crippen molar-refractivity contribution in [2.45, 2.75) is 46.6 Å². The van der Waals surface area contributed by atoms with Crippen LogP contribution in [0.1, 0.15) is 56.3 Å². The number of carbonyl (C=O) groups is 2. The fraction of sp³-hybridized carbons (Fsp3) is 0.429. The third kappa shape index (κ3) is 6.17. The molecule has 1 N–H and O–H groups in total. The number of aliphatic hydroxyl groups is 1. The van der Waals surface area contributed by atoms with Crippen LogP contribution in [0.15, 0.2) is 48.0 Å². The number of nitrogens with zero attached hydrogens (tertiary/aromatic N) is 3. The fourth-order valence-electron chi connectivity index (χ4n) is 4.50. The molecule has 9 nitrogen and oxygen atoms in total. The molecule has 2 aromatic rings. The van der Waals surface area contributed by atoms with E-state index in [2.05, 4.69) is 11.8 Å². The van der Waals surface area contributed by atoms with E-state index < -0.39 is 22.7 Å². The minimum atomic E-state index is -0.948. The third-order valence-corrected chi connectivity index (χ3v) is 6.69. The predicted molar refractivity (Wildman–Crippen MR) is 141 cm³/mol. The van der Waals surface area contributed by atoms with Gasteiger partial charge in [0.1, 0.15) is 11.5 Å². The monoisotopic (exact) mass is 509 g/mol. The normalized spacial score (nSPS) is 17.0. The number of aliphatic hydroxyl groups excluding tert-OH is 1. The van der Waals surface area contributed by atoms with Crippen molar-refractivity contribution in [3.8, 4) is 5.75 Å². The number of nitro groups is 1. The second-order valence-corrected chi connectivity index (χ2v) is 9.05. The van der Waals surface area contributed by atoms with Crippen LogP contribution in [0.3, 0.4) is 0 Å². The number of amides is 1. The van der Waals surface area contributed by atoms with Crippen LogP contribution in [-0.2, 0) is 9.59 Å². The molecule has 9 heteroatoms. The molecule has 1 amide bonds. The Kier molecular flexibility index (Phi) is 9.41. The number of likely N-dealkylation sites (N-methyl/N-ethyl adjacent to an activating group) is 1. The maximum absolute atomic E-state index is 13.3. The Morgan fingerprint density at radius 1 is 1.14 bits per heavy atom. The van der Waals surface area contributed by atoms with Crippen LogP contribution >= 0.6 is 0 Å². The Labute approximate surface area is 217 Å². The molecule has 0 bridgehead atoms. The van der Waals surface area contributed by atoms with Crippen molar-refractivity contribution >= 4 is 23.1 Å². The highest BCUT2D eigenvalue weighted by Gasteiger charge is 2.46. The number of Topliss-reactive ketones (excluding diaryl/α,β-unsaturated/α-hetero) is 1. The highest BCUT2D eigenvalue weighted by Crippen LogP contribution is 2.40. The number of nitro benzene ring substituents is 1. The van der Waals surface area contributed by atoms with E-state index in [1.165, 1.54) is 23.1 Å². The second-order valence-electron chi connectivity index (χ2n) is 9.05. The van der Waals surface area contributed by atoms with Gasteiger partial charge in [0.05, 0.1) is 23.1 Å². The van der Waals surface area contributed by atoms with E-state index in [-0.39, 0.29) is 23.6 Å². The summed E-state index contributed by atoms with van der Waals surface area (Å²) in [6, 6.07) is 10.0. The lowest BCUT2D eigenvalue weighted by atomic mass is 9.94. The molecule has 0 saturated carbocycles. The molecule has 0 spiro atoms. The van der Waals surface area contributed by atoms with E-state index in [1.807, 2.05) is 20.8 Å². The number of unbranched alkanes of at least 4 members (excludes halogenated alkanes) is 1. The van der Waals surface area contributed by atoms with E-state index in [0.29, 0.717) is 30.0 Å². The van der Waals surface area contributed by atoms with E-state index in [0.717, 1.165) is 31.5 Å². The Morgan fingerprint density at radius 2 is 1.86 bits per heavy atom. The highest BCUT2D eigenvalue weighted by molar-refractivity contribution is 6.46. The molecule has 1 atom stereocenters. The third-order valence-electron chi connectivity index (χ3n) is 6.69. The van der Waals surface area contributed by atoms with Gasteiger partial charge < -0.3 is 19.6 Å². The van der Waals surface area contributed by atoms with Crippen molar-refractivity contribution in [3.63, 3.8) is 0 Å². The molecule has 3 rings (SSSR count). The highest BCUT2D eigenvalue weighted by atomic mass is 16.6. The van der Waals surface area contributed by atoms with Crippen molar-refractivity contribution in [2.24, 2.45) is 0 Å². The summed E-state index contributed by atoms with van der Waals surface area (Å²) in [4.78, 5) is 40.9. The molecule has 1 heterocycles. The maximum atomic E-state index is 13.3. The number of ether oxygens (including phenoxy) is 1. The summed E-state index contributed by atoms with van der Waals surface area (Å²) in [6.07, 6.45) is 1.92. The Morgan fingerprint density at radius 3 is 2.49 bits per heavy atom. The lowest BCUT2D eigenvalue weighted by molar-refractivity contribution is -0.384. The first-order valence-corrected chi connectivity index (χ1v) is 12.7. The van der Waals surface area contributed by atoms with Crippen LogP contribution in [0.4, 0.5) is 5.69 Å². The topological polar surface area (TPSA) is 113 Å². The summed E-state index contributed by atoms with van der Waals surface area (Å²) in [5.41, 5.74) is 1.31. The fourth-order valence-corrected chi connectivity index (χ4v) is 4.50. The SMILES string of the molecule is CCCCOc1ccc(/C(O)=C2\C(=O)C(=O)N(CCN(CC)CC)[C@H]2c2cccc([N+](=O)[O-])c2)cc1C. The summed E-state index contributed by atoms with van der Waals surface area (Å²) in [6.45, 7) is 10.8. The largest absolute Gasteiger partial charge is 0.507 e. The number of benzene rings is 2. The number of non-ortho nitro benzene ring substituents is 1. The first-order valence-electron chi connectivity index (χ1n) is 12.7. The second kappa shape index (κ2) is 12.5. The van der Waals surface area contributed by atoms with Crippen molar-refractivity contribution < 1.29 is 24.4 Å². The molecule has 0 aliphatic carbocycles. The van der Waals surface area contributed by atoms with Crippen LogP contribution in [0, 0.1) is 17.0 Å². The van der Waals surface area contributed by atoms with Crippen LogP contribution < -0.4 is 4.74 Å². The molecular weight excluding hydrogens is 474 g/mol. The first-order chi connectivity index (χ1) is 17.7. The molecule has 0 unspecified atom stereocenters. The smallest absolute Gasteiger partial charge is 0.295 e. The van der Waals surface area contributed by atoms with Crippen LogP contribution in [0.2, 0.25) is 0 Å². The minimum absolute atomic E-state index is 0.0795. The zero-order valence-electron chi connectivity index (χ0n) is 21.9. The Balaban J connectivity index is 2.09. The number of hydrogen-bond acceptors (Lipinski definition) is 7. The summed E-state index contributed by atoms with van der Waals surface area (Å²) in [5.74, 6) is -1.18. The van der Waals surface area contributed by atoms with Gasteiger partial charge in [-0.3, -0.25) is 19.7 Å². The molecule has 198 valence electrons. The van der Waals surface area contributed by atoms with Crippen molar-refractivity contribution in [1.82, 2.24) is 9.80 Å². The summed E-state index contributed by atoms with van der Waals surface area (Å²) in [7, 11) is 0. The van der Waals surface area contributed by atoms with Gasteiger partial charge in [-0.1, -0.05) is 39.3 Å². The van der Waals surface area contributed by atoms with Gasteiger partial charge >= 0.3 is 0 Å². The van der Waals surface area contributed by atoms with Crippen molar-refractivity contribution in [2.75, 3.05) is 32.8 Å². The van der Waals surface area contributed by atoms with Crippen molar-refractivity contribution in [1.29, 1.82) is 0 Å². The number of likely N-dealkylation sites (tertiary alicyclic amines) is 1. The van der Waals surface area contributed by atoms with E-state index >= 15 is 0 Å². The average Bonchev–Trinajstić information content (AvgIpc) is 3.15. The van der Waals surface area contributed by atoms with Crippen molar-refractivity contribution in [3.05, 3.63) is 74.8 Å². The molecule has 0 radical (unpaired) electrons. The molecule has 1 aliphatic heterocycles. The van der Waals surface area contributed by atoms with Gasteiger partial charge in [0, 0.05) is 30.8 Å². The van der Waals surface area contributed by atoms with Gasteiger partial charge in [0.25, 0.3) is 17.4 Å². The van der Waals surface area contributed by atoms with Gasteiger partial charge in [-0.05, 0) is 55.8 Å². The van der Waals surface area contributed by atoms with Gasteiger partial charge in [0.15, 0.2) is 0 Å². The van der Waals surface area contributed by atoms with Gasteiger partial charge in [-0.15, -0.1) is 0 Å². The lowest BCUT2D eigenvalue weighted by Crippen LogP contribution is -2.38. The molecule has 2 aromatic carbocycles. The van der Waals surface area contributed by atoms with Crippen LogP contribution in [0.25, 0.3) is 5.76 Å². The van der Waals surface area contributed by atoms with E-state index in [9.17, 15) is 24.8 Å². The number of rotatable bonds is 12. The molecule has 1 aliphatic rings. The molecule has 1 saturated heterocycles. The summed E-state index contributed by atoms with van der Waals surface area (Å²) < 4.78 is 5.80. The van der Waals surface area contributed by atoms with Crippen LogP contribution in [0.5, 0.6) is 5.75 Å². The average molecular weight is 510 g/mol. The van der Waals surface area contributed by atoms with Gasteiger partial charge in [-0.25, -0.2) is 0 Å². The Bertz CT molecular complexity index is 1190. The van der Waals surface area contributed by atoms with Gasteiger partial charge in [-0.2, -0.15) is 0 Å². The maximum Gasteiger partial charge on any atom is 0.295 e. The Hall–Kier alpha value is -3.72. The number of aryl methyl sites for hydroxylation is 1. The van der Waals surface area contributed by atoms with E-state index in [1.54, 1.807) is 24.3 Å². The number of carbonyl (C=O) groups excluding carboxylic acids is 2. The minimum Gasteiger partial charge on any atom is -0.507 e. The van der Waals surface area contributed by atoms with Gasteiger partial charge in [0.2, 0.25) is 0 Å². The summed E-state index contributed by atoms with van der Waals surface area (Å²) in [5, 5.41) is 22.8. The standard InChI is InChI=1S/C28H35N3O6/c1-5-8-16-37-23-13-12-21(17-19(23)4)26(32)24-25(20-10-9-11-22(18-20)31(35)36)30(28(34)27(24)33)15-14-29(6-2)7-3/h9-13,17-18,25,32H,5-8,14-16H2,1-4H3/b26-24+/t25-/m0/s1. The van der Waals surface area contributed by atoms with Crippen LogP contribution in [-0.4, -0.2) is 64.3 Å². The number of ketones is 1. The summed E-state index contributed by atoms with van der Waals surface area (Å²) >= 11 is 0. The zero-order valence-corrected chi connectivity index (χ0v) is 21.9. The molecule has 1 fully saturated rings. The predicted octanol–water partition coefficient (Wildman–Crippen LogP) is 4.85. The molecular formula is C28H35N3O6. The quantitative estimate of drug-likeness (QED) is 0.109. The zero-order chi connectivity index (χ0) is 27.1. The lowest BCUT2D eigenvalue weighted by Gasteiger charge is -2.28. The first kappa shape index (κ1) is 27.9. The van der Waals surface area contributed by atoms with E-state index in [4.69, 9.17) is 4.74 Å². The number of hydrogen-bond donors (Lipinski definition) is 1. The molecule has 0 aromatic heterocycles.